The lowest BCUT2D eigenvalue weighted by Gasteiger charge is -2.30. The minimum atomic E-state index is -0.131. The summed E-state index contributed by atoms with van der Waals surface area (Å²) in [4.78, 5) is 20.8. The Morgan fingerprint density at radius 2 is 2.06 bits per heavy atom. The zero-order chi connectivity index (χ0) is 24.8. The Balaban J connectivity index is 1.56. The van der Waals surface area contributed by atoms with Crippen LogP contribution in [0.3, 0.4) is 0 Å². The highest BCUT2D eigenvalue weighted by Gasteiger charge is 2.33. The first kappa shape index (κ1) is 23.5. The lowest BCUT2D eigenvalue weighted by atomic mass is 9.85. The van der Waals surface area contributed by atoms with Crippen molar-refractivity contribution >= 4 is 50.4 Å². The van der Waals surface area contributed by atoms with E-state index in [1.54, 1.807) is 18.4 Å². The van der Waals surface area contributed by atoms with E-state index in [2.05, 4.69) is 57.7 Å². The van der Waals surface area contributed by atoms with Gasteiger partial charge in [0.05, 0.1) is 34.5 Å². The summed E-state index contributed by atoms with van der Waals surface area (Å²) in [5, 5.41) is 2.08. The summed E-state index contributed by atoms with van der Waals surface area (Å²) < 4.78 is 14.6. The summed E-state index contributed by atoms with van der Waals surface area (Å²) >= 11 is 6.71. The van der Waals surface area contributed by atoms with Crippen LogP contribution in [0.25, 0.3) is 11.8 Å². The normalized spacial score (nSPS) is 16.8. The number of benzene rings is 2. The van der Waals surface area contributed by atoms with Gasteiger partial charge in [-0.2, -0.15) is 0 Å². The number of fused-ring (bicyclic) bond motifs is 3. The van der Waals surface area contributed by atoms with Gasteiger partial charge in [-0.05, 0) is 82.1 Å². The number of methoxy groups -OCH3 is 1. The van der Waals surface area contributed by atoms with Crippen molar-refractivity contribution in [1.29, 1.82) is 0 Å². The fraction of sp³-hybridized carbons (Fsp3) is 0.214. The summed E-state index contributed by atoms with van der Waals surface area (Å²) in [6.45, 7) is 2.46. The van der Waals surface area contributed by atoms with Crippen LogP contribution in [0.2, 0.25) is 0 Å². The van der Waals surface area contributed by atoms with Crippen LogP contribution in [0.4, 0.5) is 0 Å². The van der Waals surface area contributed by atoms with Crippen LogP contribution in [0, 0.1) is 0 Å². The molecule has 2 aromatic carbocycles. The van der Waals surface area contributed by atoms with Gasteiger partial charge in [0.2, 0.25) is 0 Å². The molecule has 1 atom stereocenters. The third-order valence-corrected chi connectivity index (χ3v) is 9.02. The van der Waals surface area contributed by atoms with Crippen LogP contribution in [0.5, 0.6) is 11.5 Å². The summed E-state index contributed by atoms with van der Waals surface area (Å²) in [5.41, 5.74) is 5.57. The highest BCUT2D eigenvalue weighted by atomic mass is 79.9. The minimum absolute atomic E-state index is 0.0217. The second-order valence-electron chi connectivity index (χ2n) is 8.60. The SMILES string of the molecule is CCOc1c(Br)cc(/C=c2\sc3n(c2=O)C(c2cccs2)C2=C(N=3)c3ccccc3CC2)cc1OC. The van der Waals surface area contributed by atoms with Gasteiger partial charge in [-0.25, -0.2) is 4.99 Å². The maximum Gasteiger partial charge on any atom is 0.271 e. The lowest BCUT2D eigenvalue weighted by Crippen LogP contribution is -2.38. The van der Waals surface area contributed by atoms with Crippen LogP contribution in [0.15, 0.2) is 73.7 Å². The van der Waals surface area contributed by atoms with Crippen molar-refractivity contribution in [2.45, 2.75) is 25.8 Å². The minimum Gasteiger partial charge on any atom is -0.493 e. The van der Waals surface area contributed by atoms with E-state index in [9.17, 15) is 4.79 Å². The van der Waals surface area contributed by atoms with E-state index in [0.29, 0.717) is 22.6 Å². The molecule has 1 aliphatic heterocycles. The molecule has 6 rings (SSSR count). The largest absolute Gasteiger partial charge is 0.493 e. The van der Waals surface area contributed by atoms with Gasteiger partial charge < -0.3 is 9.47 Å². The molecule has 5 nitrogen and oxygen atoms in total. The third-order valence-electron chi connectivity index (χ3n) is 6.52. The Morgan fingerprint density at radius 1 is 1.19 bits per heavy atom. The Hall–Kier alpha value is -2.94. The molecule has 0 saturated carbocycles. The van der Waals surface area contributed by atoms with E-state index in [1.165, 1.54) is 28.0 Å². The molecule has 2 aliphatic rings. The molecule has 1 aliphatic carbocycles. The number of hydrogen-bond donors (Lipinski definition) is 0. The number of halogens is 1. The fourth-order valence-corrected chi connectivity index (χ4v) is 7.40. The Kier molecular flexibility index (Phi) is 6.19. The summed E-state index contributed by atoms with van der Waals surface area (Å²) in [7, 11) is 1.62. The van der Waals surface area contributed by atoms with E-state index >= 15 is 0 Å². The Bertz CT molecular complexity index is 1680. The lowest BCUT2D eigenvalue weighted by molar-refractivity contribution is 0.309. The average Bonchev–Trinajstić information content (AvgIpc) is 3.53. The molecule has 0 saturated heterocycles. The van der Waals surface area contributed by atoms with Crippen molar-refractivity contribution in [1.82, 2.24) is 4.57 Å². The molecule has 3 heterocycles. The second kappa shape index (κ2) is 9.50. The van der Waals surface area contributed by atoms with E-state index in [0.717, 1.165) is 38.3 Å². The molecule has 8 heteroatoms. The Labute approximate surface area is 224 Å². The maximum atomic E-state index is 13.8. The van der Waals surface area contributed by atoms with Crippen molar-refractivity contribution in [3.8, 4) is 11.5 Å². The molecule has 0 amide bonds. The van der Waals surface area contributed by atoms with Gasteiger partial charge in [0.25, 0.3) is 5.56 Å². The van der Waals surface area contributed by atoms with Gasteiger partial charge in [0, 0.05) is 10.4 Å². The topological polar surface area (TPSA) is 52.8 Å². The van der Waals surface area contributed by atoms with E-state index < -0.39 is 0 Å². The molecule has 4 aromatic rings. The highest BCUT2D eigenvalue weighted by molar-refractivity contribution is 9.10. The molecule has 0 N–H and O–H groups in total. The van der Waals surface area contributed by atoms with Crippen molar-refractivity contribution in [2.75, 3.05) is 13.7 Å². The van der Waals surface area contributed by atoms with Gasteiger partial charge in [-0.3, -0.25) is 9.36 Å². The van der Waals surface area contributed by atoms with Crippen LogP contribution in [-0.4, -0.2) is 18.3 Å². The molecule has 0 radical (unpaired) electrons. The zero-order valence-corrected chi connectivity index (χ0v) is 23.0. The highest BCUT2D eigenvalue weighted by Crippen LogP contribution is 2.42. The van der Waals surface area contributed by atoms with E-state index in [1.807, 2.05) is 29.7 Å². The predicted molar refractivity (Wildman–Crippen MR) is 149 cm³/mol. The van der Waals surface area contributed by atoms with Gasteiger partial charge in [0.1, 0.15) is 0 Å². The van der Waals surface area contributed by atoms with Crippen molar-refractivity contribution in [3.05, 3.63) is 105 Å². The number of allylic oxidation sites excluding steroid dienone is 1. The van der Waals surface area contributed by atoms with Crippen molar-refractivity contribution < 1.29 is 9.47 Å². The van der Waals surface area contributed by atoms with E-state index in [-0.39, 0.29) is 11.6 Å². The first-order valence-electron chi connectivity index (χ1n) is 11.8. The van der Waals surface area contributed by atoms with Crippen molar-refractivity contribution in [2.24, 2.45) is 4.99 Å². The monoisotopic (exact) mass is 578 g/mol. The van der Waals surface area contributed by atoms with Crippen LogP contribution >= 0.6 is 38.6 Å². The molecule has 182 valence electrons. The molecular weight excluding hydrogens is 556 g/mol. The predicted octanol–water partition coefficient (Wildman–Crippen LogP) is 5.55. The number of aromatic nitrogens is 1. The molecule has 0 spiro atoms. The number of thiophene rings is 1. The number of aryl methyl sites for hydroxylation is 1. The van der Waals surface area contributed by atoms with Gasteiger partial charge >= 0.3 is 0 Å². The van der Waals surface area contributed by atoms with Crippen LogP contribution in [0.1, 0.15) is 41.0 Å². The van der Waals surface area contributed by atoms with Gasteiger partial charge in [-0.1, -0.05) is 41.7 Å². The van der Waals surface area contributed by atoms with Crippen LogP contribution < -0.4 is 24.4 Å². The smallest absolute Gasteiger partial charge is 0.271 e. The summed E-state index contributed by atoms with van der Waals surface area (Å²) in [6.07, 6.45) is 3.76. The summed E-state index contributed by atoms with van der Waals surface area (Å²) in [6, 6.07) is 16.4. The van der Waals surface area contributed by atoms with E-state index in [4.69, 9.17) is 14.5 Å². The number of nitrogens with zero attached hydrogens (tertiary/aromatic N) is 2. The summed E-state index contributed by atoms with van der Waals surface area (Å²) in [5.74, 6) is 1.27. The average molecular weight is 580 g/mol. The van der Waals surface area contributed by atoms with Gasteiger partial charge in [-0.15, -0.1) is 11.3 Å². The molecule has 0 fully saturated rings. The standard InChI is InChI=1S/C28H23BrN2O3S2/c1-3-34-26-20(29)13-16(14-21(26)33-2)15-23-27(32)31-25(22-9-6-12-35-22)19-11-10-17-7-4-5-8-18(17)24(19)30-28(31)36-23/h4-9,12-15,25H,3,10-11H2,1-2H3/b23-15-. The molecule has 1 unspecified atom stereocenters. The molecule has 0 bridgehead atoms. The fourth-order valence-electron chi connectivity index (χ4n) is 4.98. The quantitative estimate of drug-likeness (QED) is 0.312. The first-order valence-corrected chi connectivity index (χ1v) is 14.2. The maximum absolute atomic E-state index is 13.8. The second-order valence-corrected chi connectivity index (χ2v) is 11.4. The molecule has 2 aromatic heterocycles. The Morgan fingerprint density at radius 3 is 2.83 bits per heavy atom. The molecule has 36 heavy (non-hydrogen) atoms. The number of rotatable bonds is 5. The zero-order valence-electron chi connectivity index (χ0n) is 19.8. The number of ether oxygens (including phenoxy) is 2. The third kappa shape index (κ3) is 3.88. The van der Waals surface area contributed by atoms with Gasteiger partial charge in [0.15, 0.2) is 16.3 Å². The first-order chi connectivity index (χ1) is 17.6. The number of hydrogen-bond acceptors (Lipinski definition) is 6. The van der Waals surface area contributed by atoms with Crippen LogP contribution in [-0.2, 0) is 6.42 Å². The van der Waals surface area contributed by atoms with Crippen molar-refractivity contribution in [3.63, 3.8) is 0 Å². The number of thiazole rings is 1. The molecular formula is C28H23BrN2O3S2.